The predicted molar refractivity (Wildman–Crippen MR) is 95.6 cm³/mol. The summed E-state index contributed by atoms with van der Waals surface area (Å²) in [6.07, 6.45) is 1.60. The molecule has 26 heavy (non-hydrogen) atoms. The van der Waals surface area contributed by atoms with Gasteiger partial charge in [0.1, 0.15) is 22.9 Å². The van der Waals surface area contributed by atoms with E-state index in [1.165, 1.54) is 4.68 Å². The number of aromatic nitrogens is 4. The van der Waals surface area contributed by atoms with Gasteiger partial charge in [0.2, 0.25) is 5.95 Å². The zero-order valence-electron chi connectivity index (χ0n) is 14.6. The van der Waals surface area contributed by atoms with Gasteiger partial charge in [-0.15, -0.1) is 0 Å². The number of nitrogens with one attached hydrogen (secondary N) is 1. The lowest BCUT2D eigenvalue weighted by atomic mass is 10.2. The SMILES string of the molecule is COc1cc(Nc2nccc(-c3cc(C(N)=O)n(C)n3)n2)cc(OC)c1. The van der Waals surface area contributed by atoms with Crippen LogP contribution in [0.5, 0.6) is 11.5 Å². The van der Waals surface area contributed by atoms with E-state index in [0.717, 1.165) is 0 Å². The highest BCUT2D eigenvalue weighted by atomic mass is 16.5. The van der Waals surface area contributed by atoms with E-state index in [-0.39, 0.29) is 0 Å². The number of methoxy groups -OCH3 is 2. The molecule has 2 heterocycles. The van der Waals surface area contributed by atoms with Crippen LogP contribution in [0, 0.1) is 0 Å². The summed E-state index contributed by atoms with van der Waals surface area (Å²) in [5, 5.41) is 7.36. The Kier molecular flexibility index (Phi) is 4.70. The maximum absolute atomic E-state index is 11.4. The molecule has 0 unspecified atom stereocenters. The Morgan fingerprint density at radius 3 is 2.38 bits per heavy atom. The fourth-order valence-electron chi connectivity index (χ4n) is 2.39. The van der Waals surface area contributed by atoms with Gasteiger partial charge in [0.25, 0.3) is 5.91 Å². The Balaban J connectivity index is 1.91. The van der Waals surface area contributed by atoms with E-state index in [1.807, 2.05) is 0 Å². The van der Waals surface area contributed by atoms with Crippen LogP contribution >= 0.6 is 0 Å². The van der Waals surface area contributed by atoms with Gasteiger partial charge in [-0.25, -0.2) is 9.97 Å². The summed E-state index contributed by atoms with van der Waals surface area (Å²) in [5.74, 6) is 1.09. The van der Waals surface area contributed by atoms with Crippen molar-refractivity contribution >= 4 is 17.5 Å². The van der Waals surface area contributed by atoms with Crippen molar-refractivity contribution in [2.75, 3.05) is 19.5 Å². The highest BCUT2D eigenvalue weighted by Gasteiger charge is 2.13. The normalized spacial score (nSPS) is 10.4. The topological polar surface area (TPSA) is 117 Å². The van der Waals surface area contributed by atoms with Crippen molar-refractivity contribution in [3.05, 3.63) is 42.2 Å². The van der Waals surface area contributed by atoms with E-state index in [1.54, 1.807) is 57.8 Å². The fourth-order valence-corrected chi connectivity index (χ4v) is 2.39. The van der Waals surface area contributed by atoms with Gasteiger partial charge < -0.3 is 20.5 Å². The van der Waals surface area contributed by atoms with Crippen molar-refractivity contribution < 1.29 is 14.3 Å². The number of aryl methyl sites for hydroxylation is 1. The van der Waals surface area contributed by atoms with Crippen molar-refractivity contribution in [3.63, 3.8) is 0 Å². The van der Waals surface area contributed by atoms with Crippen LogP contribution in [-0.4, -0.2) is 39.9 Å². The number of benzene rings is 1. The molecule has 1 aromatic carbocycles. The Labute approximate surface area is 149 Å². The number of ether oxygens (including phenoxy) is 2. The third-order valence-electron chi connectivity index (χ3n) is 3.66. The number of hydrogen-bond acceptors (Lipinski definition) is 7. The number of amides is 1. The molecule has 0 atom stereocenters. The maximum atomic E-state index is 11.4. The third-order valence-corrected chi connectivity index (χ3v) is 3.66. The molecule has 0 aliphatic carbocycles. The van der Waals surface area contributed by atoms with E-state index in [2.05, 4.69) is 20.4 Å². The van der Waals surface area contributed by atoms with Crippen molar-refractivity contribution in [3.8, 4) is 22.9 Å². The molecule has 9 heteroatoms. The second-order valence-corrected chi connectivity index (χ2v) is 5.39. The molecule has 3 rings (SSSR count). The molecule has 1 amide bonds. The zero-order chi connectivity index (χ0) is 18.7. The van der Waals surface area contributed by atoms with Gasteiger partial charge in [-0.1, -0.05) is 0 Å². The molecular formula is C17H18N6O3. The molecule has 9 nitrogen and oxygen atoms in total. The van der Waals surface area contributed by atoms with E-state index < -0.39 is 5.91 Å². The molecule has 0 radical (unpaired) electrons. The van der Waals surface area contributed by atoms with Crippen LogP contribution in [-0.2, 0) is 7.05 Å². The number of primary amides is 1. The molecule has 3 N–H and O–H groups in total. The summed E-state index contributed by atoms with van der Waals surface area (Å²) >= 11 is 0. The highest BCUT2D eigenvalue weighted by Crippen LogP contribution is 2.27. The van der Waals surface area contributed by atoms with Gasteiger partial charge in [-0.05, 0) is 12.1 Å². The summed E-state index contributed by atoms with van der Waals surface area (Å²) in [4.78, 5) is 20.0. The predicted octanol–water partition coefficient (Wildman–Crippen LogP) is 1.74. The minimum Gasteiger partial charge on any atom is -0.497 e. The molecule has 134 valence electrons. The molecule has 3 aromatic rings. The van der Waals surface area contributed by atoms with Crippen LogP contribution in [0.4, 0.5) is 11.6 Å². The van der Waals surface area contributed by atoms with Crippen molar-refractivity contribution in [2.45, 2.75) is 0 Å². The first-order valence-electron chi connectivity index (χ1n) is 7.67. The maximum Gasteiger partial charge on any atom is 0.266 e. The van der Waals surface area contributed by atoms with Crippen LogP contribution in [0.15, 0.2) is 36.5 Å². The first kappa shape index (κ1) is 17.2. The minimum absolute atomic E-state index is 0.297. The summed E-state index contributed by atoms with van der Waals surface area (Å²) < 4.78 is 11.9. The van der Waals surface area contributed by atoms with Crippen LogP contribution in [0.3, 0.4) is 0 Å². The van der Waals surface area contributed by atoms with Crippen molar-refractivity contribution in [2.24, 2.45) is 12.8 Å². The molecule has 0 aliphatic heterocycles. The second kappa shape index (κ2) is 7.09. The van der Waals surface area contributed by atoms with Gasteiger partial charge in [-0.2, -0.15) is 5.10 Å². The molecule has 0 bridgehead atoms. The van der Waals surface area contributed by atoms with Crippen LogP contribution in [0.25, 0.3) is 11.4 Å². The number of nitrogens with zero attached hydrogens (tertiary/aromatic N) is 4. The first-order chi connectivity index (χ1) is 12.5. The lowest BCUT2D eigenvalue weighted by molar-refractivity contribution is 0.0991. The van der Waals surface area contributed by atoms with Gasteiger partial charge in [0.15, 0.2) is 0 Å². The number of hydrogen-bond donors (Lipinski definition) is 2. The van der Waals surface area contributed by atoms with Gasteiger partial charge in [0, 0.05) is 37.1 Å². The lowest BCUT2D eigenvalue weighted by Crippen LogP contribution is -2.15. The molecule has 0 saturated carbocycles. The van der Waals surface area contributed by atoms with Gasteiger partial charge in [0.05, 0.1) is 19.9 Å². The summed E-state index contributed by atoms with van der Waals surface area (Å²) in [6.45, 7) is 0. The monoisotopic (exact) mass is 354 g/mol. The van der Waals surface area contributed by atoms with E-state index >= 15 is 0 Å². The largest absolute Gasteiger partial charge is 0.497 e. The Hall–Kier alpha value is -3.62. The minimum atomic E-state index is -0.554. The average Bonchev–Trinajstić information content (AvgIpc) is 3.03. The number of anilines is 2. The molecule has 0 saturated heterocycles. The summed E-state index contributed by atoms with van der Waals surface area (Å²) in [7, 11) is 4.80. The quantitative estimate of drug-likeness (QED) is 0.692. The molecule has 0 spiro atoms. The van der Waals surface area contributed by atoms with Gasteiger partial charge >= 0.3 is 0 Å². The first-order valence-corrected chi connectivity index (χ1v) is 7.67. The number of nitrogens with two attached hydrogens (primary N) is 1. The summed E-state index contributed by atoms with van der Waals surface area (Å²) in [6, 6.07) is 8.64. The van der Waals surface area contributed by atoms with Crippen molar-refractivity contribution in [1.82, 2.24) is 19.7 Å². The molecule has 2 aromatic heterocycles. The van der Waals surface area contributed by atoms with E-state index in [4.69, 9.17) is 15.2 Å². The number of rotatable bonds is 6. The van der Waals surface area contributed by atoms with E-state index in [9.17, 15) is 4.79 Å². The lowest BCUT2D eigenvalue weighted by Gasteiger charge is -2.10. The molecule has 0 fully saturated rings. The smallest absolute Gasteiger partial charge is 0.266 e. The Morgan fingerprint density at radius 1 is 1.12 bits per heavy atom. The summed E-state index contributed by atoms with van der Waals surface area (Å²) in [5.41, 5.74) is 7.41. The van der Waals surface area contributed by atoms with Gasteiger partial charge in [-0.3, -0.25) is 9.48 Å². The molecular weight excluding hydrogens is 336 g/mol. The average molecular weight is 354 g/mol. The van der Waals surface area contributed by atoms with Crippen LogP contribution < -0.4 is 20.5 Å². The fraction of sp³-hybridized carbons (Fsp3) is 0.176. The second-order valence-electron chi connectivity index (χ2n) is 5.39. The number of carbonyl (C=O) groups excluding carboxylic acids is 1. The Bertz CT molecular complexity index is 931. The van der Waals surface area contributed by atoms with Crippen molar-refractivity contribution in [1.29, 1.82) is 0 Å². The molecule has 0 aliphatic rings. The Morgan fingerprint density at radius 2 is 1.81 bits per heavy atom. The van der Waals surface area contributed by atoms with Crippen LogP contribution in [0.2, 0.25) is 0 Å². The highest BCUT2D eigenvalue weighted by molar-refractivity contribution is 5.92. The number of carbonyl (C=O) groups is 1. The third kappa shape index (κ3) is 3.56. The van der Waals surface area contributed by atoms with Crippen LogP contribution in [0.1, 0.15) is 10.5 Å². The standard InChI is InChI=1S/C17H18N6O3/c1-23-15(16(18)24)9-14(22-23)13-4-5-19-17(21-13)20-10-6-11(25-2)8-12(7-10)26-3/h4-9H,1-3H3,(H2,18,24)(H,19,20,21). The zero-order valence-corrected chi connectivity index (χ0v) is 14.6. The van der Waals surface area contributed by atoms with E-state index in [0.29, 0.717) is 40.2 Å².